The Kier molecular flexibility index (Phi) is 3.93. The number of nitrogens with one attached hydrogen (secondary N) is 2. The number of halogens is 3. The monoisotopic (exact) mass is 247 g/mol. The third-order valence-electron chi connectivity index (χ3n) is 2.09. The van der Waals surface area contributed by atoms with Crippen LogP contribution in [-0.2, 0) is 11.0 Å². The van der Waals surface area contributed by atoms with E-state index in [0.717, 1.165) is 12.3 Å². The number of nitrogens with zero attached hydrogens (tertiary/aromatic N) is 1. The Bertz CT molecular complexity index is 389. The zero-order chi connectivity index (χ0) is 13.1. The van der Waals surface area contributed by atoms with Gasteiger partial charge < -0.3 is 10.6 Å². The van der Waals surface area contributed by atoms with Gasteiger partial charge in [-0.2, -0.15) is 13.2 Å². The summed E-state index contributed by atoms with van der Waals surface area (Å²) in [7, 11) is 1.47. The molecule has 0 saturated carbocycles. The summed E-state index contributed by atoms with van der Waals surface area (Å²) in [6.07, 6.45) is -3.68. The number of alkyl halides is 3. The number of carbonyl (C=O) groups excluding carboxylic acids is 1. The predicted molar refractivity (Wildman–Crippen MR) is 56.4 cm³/mol. The van der Waals surface area contributed by atoms with Crippen LogP contribution in [0.4, 0.5) is 19.0 Å². The lowest BCUT2D eigenvalue weighted by Gasteiger charge is -2.13. The quantitative estimate of drug-likeness (QED) is 0.853. The van der Waals surface area contributed by atoms with E-state index in [9.17, 15) is 18.0 Å². The van der Waals surface area contributed by atoms with Gasteiger partial charge >= 0.3 is 6.18 Å². The Morgan fingerprint density at radius 2 is 2.06 bits per heavy atom. The van der Waals surface area contributed by atoms with Crippen molar-refractivity contribution in [3.63, 3.8) is 0 Å². The molecule has 7 heteroatoms. The Balaban J connectivity index is 2.72. The highest BCUT2D eigenvalue weighted by molar-refractivity contribution is 5.83. The molecule has 1 amide bonds. The molecule has 4 nitrogen and oxygen atoms in total. The molecule has 1 heterocycles. The molecule has 17 heavy (non-hydrogen) atoms. The molecule has 0 aliphatic rings. The first-order valence-corrected chi connectivity index (χ1v) is 4.86. The lowest BCUT2D eigenvalue weighted by atomic mass is 10.2. The topological polar surface area (TPSA) is 54.0 Å². The molecule has 1 aromatic rings. The third kappa shape index (κ3) is 3.61. The highest BCUT2D eigenvalue weighted by Gasteiger charge is 2.30. The van der Waals surface area contributed by atoms with Crippen LogP contribution >= 0.6 is 0 Å². The van der Waals surface area contributed by atoms with Crippen LogP contribution in [0.3, 0.4) is 0 Å². The number of rotatable bonds is 3. The largest absolute Gasteiger partial charge is 0.417 e. The van der Waals surface area contributed by atoms with Gasteiger partial charge in [-0.3, -0.25) is 4.79 Å². The van der Waals surface area contributed by atoms with Crippen LogP contribution in [0.1, 0.15) is 12.5 Å². The fourth-order valence-electron chi connectivity index (χ4n) is 1.15. The molecule has 0 radical (unpaired) electrons. The number of hydrogen-bond acceptors (Lipinski definition) is 3. The van der Waals surface area contributed by atoms with E-state index in [1.807, 2.05) is 0 Å². The maximum absolute atomic E-state index is 12.2. The summed E-state index contributed by atoms with van der Waals surface area (Å²) in [5.41, 5.74) is -0.823. The smallest absolute Gasteiger partial charge is 0.359 e. The van der Waals surface area contributed by atoms with Gasteiger partial charge in [0.25, 0.3) is 0 Å². The molecule has 0 bridgehead atoms. The van der Waals surface area contributed by atoms with Crippen molar-refractivity contribution in [2.24, 2.45) is 0 Å². The lowest BCUT2D eigenvalue weighted by Crippen LogP contribution is -2.35. The van der Waals surface area contributed by atoms with Crippen molar-refractivity contribution in [1.82, 2.24) is 10.3 Å². The molecule has 0 aliphatic heterocycles. The molecule has 1 rings (SSSR count). The molecular formula is C10H12F3N3O. The zero-order valence-corrected chi connectivity index (χ0v) is 9.30. The van der Waals surface area contributed by atoms with E-state index < -0.39 is 17.8 Å². The fourth-order valence-corrected chi connectivity index (χ4v) is 1.15. The first-order chi connectivity index (χ1) is 7.84. The van der Waals surface area contributed by atoms with Crippen molar-refractivity contribution in [2.75, 3.05) is 12.4 Å². The SMILES string of the molecule is CNC(=O)[C@@H](C)Nc1ccc(C(F)(F)F)cn1. The van der Waals surface area contributed by atoms with Gasteiger partial charge in [0, 0.05) is 13.2 Å². The summed E-state index contributed by atoms with van der Waals surface area (Å²) < 4.78 is 36.7. The van der Waals surface area contributed by atoms with Crippen LogP contribution in [-0.4, -0.2) is 24.0 Å². The van der Waals surface area contributed by atoms with E-state index in [0.29, 0.717) is 0 Å². The second kappa shape index (κ2) is 5.03. The number of carbonyl (C=O) groups is 1. The molecule has 94 valence electrons. The number of anilines is 1. The molecular weight excluding hydrogens is 235 g/mol. The molecule has 0 fully saturated rings. The Morgan fingerprint density at radius 1 is 1.41 bits per heavy atom. The van der Waals surface area contributed by atoms with Crippen LogP contribution in [0, 0.1) is 0 Å². The van der Waals surface area contributed by atoms with Crippen LogP contribution in [0.2, 0.25) is 0 Å². The van der Waals surface area contributed by atoms with Gasteiger partial charge in [-0.1, -0.05) is 0 Å². The Labute approximate surface area is 96.2 Å². The van der Waals surface area contributed by atoms with Gasteiger partial charge in [0.15, 0.2) is 0 Å². The first kappa shape index (κ1) is 13.3. The minimum absolute atomic E-state index is 0.217. The van der Waals surface area contributed by atoms with Crippen molar-refractivity contribution in [1.29, 1.82) is 0 Å². The summed E-state index contributed by atoms with van der Waals surface area (Å²) in [4.78, 5) is 14.8. The minimum atomic E-state index is -4.40. The van der Waals surface area contributed by atoms with E-state index in [1.165, 1.54) is 13.1 Å². The van der Waals surface area contributed by atoms with Crippen molar-refractivity contribution in [3.8, 4) is 0 Å². The number of amides is 1. The summed E-state index contributed by atoms with van der Waals surface area (Å²) in [6.45, 7) is 1.58. The van der Waals surface area contributed by atoms with E-state index in [2.05, 4.69) is 15.6 Å². The standard InChI is InChI=1S/C10H12F3N3O/c1-6(9(17)14-2)16-8-4-3-7(5-15-8)10(11,12)13/h3-6H,1-2H3,(H,14,17)(H,15,16)/t6-/m1/s1. The number of pyridine rings is 1. The maximum atomic E-state index is 12.2. The summed E-state index contributed by atoms with van der Waals surface area (Å²) in [5.74, 6) is -0.0548. The number of hydrogen-bond donors (Lipinski definition) is 2. The molecule has 1 atom stereocenters. The van der Waals surface area contributed by atoms with Crippen LogP contribution in [0.5, 0.6) is 0 Å². The number of aromatic nitrogens is 1. The number of likely N-dealkylation sites (N-methyl/N-ethyl adjacent to an activating group) is 1. The predicted octanol–water partition coefficient (Wildman–Crippen LogP) is 1.65. The van der Waals surface area contributed by atoms with Crippen LogP contribution < -0.4 is 10.6 Å². The average molecular weight is 247 g/mol. The molecule has 0 saturated heterocycles. The molecule has 1 aromatic heterocycles. The van der Waals surface area contributed by atoms with E-state index in [-0.39, 0.29) is 11.7 Å². The van der Waals surface area contributed by atoms with Crippen molar-refractivity contribution >= 4 is 11.7 Å². The zero-order valence-electron chi connectivity index (χ0n) is 9.30. The Hall–Kier alpha value is -1.79. The third-order valence-corrected chi connectivity index (χ3v) is 2.09. The summed E-state index contributed by atoms with van der Waals surface area (Å²) >= 11 is 0. The fraction of sp³-hybridized carbons (Fsp3) is 0.400. The molecule has 0 spiro atoms. The van der Waals surface area contributed by atoms with E-state index in [1.54, 1.807) is 6.92 Å². The van der Waals surface area contributed by atoms with Crippen molar-refractivity contribution < 1.29 is 18.0 Å². The van der Waals surface area contributed by atoms with Crippen LogP contribution in [0.15, 0.2) is 18.3 Å². The highest BCUT2D eigenvalue weighted by Crippen LogP contribution is 2.28. The average Bonchev–Trinajstić information content (AvgIpc) is 2.27. The first-order valence-electron chi connectivity index (χ1n) is 4.86. The maximum Gasteiger partial charge on any atom is 0.417 e. The van der Waals surface area contributed by atoms with E-state index in [4.69, 9.17) is 0 Å². The molecule has 0 aromatic carbocycles. The van der Waals surface area contributed by atoms with E-state index >= 15 is 0 Å². The minimum Gasteiger partial charge on any atom is -0.359 e. The van der Waals surface area contributed by atoms with Gasteiger partial charge in [0.1, 0.15) is 11.9 Å². The van der Waals surface area contributed by atoms with Gasteiger partial charge in [0.05, 0.1) is 5.56 Å². The summed E-state index contributed by atoms with van der Waals surface area (Å²) in [5, 5.41) is 5.09. The van der Waals surface area contributed by atoms with Gasteiger partial charge in [0.2, 0.25) is 5.91 Å². The summed E-state index contributed by atoms with van der Waals surface area (Å²) in [6, 6.07) is 1.53. The van der Waals surface area contributed by atoms with Crippen molar-refractivity contribution in [3.05, 3.63) is 23.9 Å². The second-order valence-corrected chi connectivity index (χ2v) is 3.41. The lowest BCUT2D eigenvalue weighted by molar-refractivity contribution is -0.137. The van der Waals surface area contributed by atoms with Crippen molar-refractivity contribution in [2.45, 2.75) is 19.1 Å². The Morgan fingerprint density at radius 3 is 2.47 bits per heavy atom. The van der Waals surface area contributed by atoms with Gasteiger partial charge in [-0.15, -0.1) is 0 Å². The van der Waals surface area contributed by atoms with Gasteiger partial charge in [-0.05, 0) is 19.1 Å². The molecule has 0 aliphatic carbocycles. The highest BCUT2D eigenvalue weighted by atomic mass is 19.4. The van der Waals surface area contributed by atoms with Crippen LogP contribution in [0.25, 0.3) is 0 Å². The molecule has 2 N–H and O–H groups in total. The molecule has 0 unspecified atom stereocenters. The normalized spacial score (nSPS) is 13.0. The van der Waals surface area contributed by atoms with Gasteiger partial charge in [-0.25, -0.2) is 4.98 Å². The second-order valence-electron chi connectivity index (χ2n) is 3.41.